The maximum Gasteiger partial charge on any atom is 0.257 e. The number of fused-ring (bicyclic) bond motifs is 1. The smallest absolute Gasteiger partial charge is 0.257 e. The highest BCUT2D eigenvalue weighted by Gasteiger charge is 2.26. The Balaban J connectivity index is 1.53. The van der Waals surface area contributed by atoms with E-state index >= 15 is 0 Å². The Hall–Kier alpha value is -2.33. The third-order valence-electron chi connectivity index (χ3n) is 4.89. The molecule has 0 spiro atoms. The van der Waals surface area contributed by atoms with Gasteiger partial charge in [-0.05, 0) is 49.2 Å². The third-order valence-corrected chi connectivity index (χ3v) is 7.91. The van der Waals surface area contributed by atoms with Crippen molar-refractivity contribution in [3.63, 3.8) is 0 Å². The number of hydrogen-bond donors (Lipinski definition) is 1. The van der Waals surface area contributed by atoms with Gasteiger partial charge in [-0.3, -0.25) is 10.1 Å². The van der Waals surface area contributed by atoms with Crippen LogP contribution in [0.4, 0.5) is 5.13 Å². The Labute approximate surface area is 173 Å². The monoisotopic (exact) mass is 431 g/mol. The molecular weight excluding hydrogens is 410 g/mol. The fourth-order valence-electron chi connectivity index (χ4n) is 3.20. The van der Waals surface area contributed by atoms with Crippen LogP contribution in [0.5, 0.6) is 0 Å². The summed E-state index contributed by atoms with van der Waals surface area (Å²) < 4.78 is 33.0. The summed E-state index contributed by atoms with van der Waals surface area (Å²) in [5.74, 6) is -0.324. The summed E-state index contributed by atoms with van der Waals surface area (Å²) in [6.07, 6.45) is 0. The predicted molar refractivity (Wildman–Crippen MR) is 113 cm³/mol. The molecule has 0 bridgehead atoms. The number of aromatic nitrogens is 1. The first kappa shape index (κ1) is 20.0. The van der Waals surface area contributed by atoms with Gasteiger partial charge in [0.2, 0.25) is 10.0 Å². The van der Waals surface area contributed by atoms with Gasteiger partial charge in [-0.1, -0.05) is 23.5 Å². The second-order valence-corrected chi connectivity index (χ2v) is 9.83. The van der Waals surface area contributed by atoms with E-state index in [0.29, 0.717) is 37.0 Å². The Kier molecular flexibility index (Phi) is 5.39. The van der Waals surface area contributed by atoms with Gasteiger partial charge < -0.3 is 4.74 Å². The first-order valence-electron chi connectivity index (χ1n) is 9.22. The molecule has 3 aromatic rings. The number of amides is 1. The van der Waals surface area contributed by atoms with Crippen LogP contribution in [0.25, 0.3) is 10.2 Å². The Morgan fingerprint density at radius 2 is 1.72 bits per heavy atom. The molecule has 4 rings (SSSR count). The van der Waals surface area contributed by atoms with E-state index in [-0.39, 0.29) is 10.8 Å². The van der Waals surface area contributed by atoms with Crippen LogP contribution in [0.15, 0.2) is 41.3 Å². The van der Waals surface area contributed by atoms with Gasteiger partial charge in [0.15, 0.2) is 5.13 Å². The molecule has 1 aliphatic rings. The van der Waals surface area contributed by atoms with Gasteiger partial charge >= 0.3 is 0 Å². The number of ether oxygens (including phenoxy) is 1. The van der Waals surface area contributed by atoms with Crippen LogP contribution < -0.4 is 5.32 Å². The first-order chi connectivity index (χ1) is 13.9. The highest BCUT2D eigenvalue weighted by atomic mass is 32.2. The summed E-state index contributed by atoms with van der Waals surface area (Å²) in [4.78, 5) is 17.3. The van der Waals surface area contributed by atoms with E-state index in [1.807, 2.05) is 26.0 Å². The normalized spacial score (nSPS) is 15.5. The molecule has 1 saturated heterocycles. The van der Waals surface area contributed by atoms with Gasteiger partial charge in [-0.25, -0.2) is 13.4 Å². The van der Waals surface area contributed by atoms with Gasteiger partial charge in [-0.15, -0.1) is 0 Å². The van der Waals surface area contributed by atoms with E-state index < -0.39 is 10.0 Å². The standard InChI is InChI=1S/C20H21N3O4S2/c1-13-3-4-14(2)18-17(13)21-20(28-18)22-19(24)15-5-7-16(8-6-15)29(25,26)23-9-11-27-12-10-23/h3-8H,9-12H2,1-2H3,(H,21,22,24). The second-order valence-electron chi connectivity index (χ2n) is 6.89. The molecule has 1 amide bonds. The van der Waals surface area contributed by atoms with E-state index in [2.05, 4.69) is 10.3 Å². The molecule has 1 N–H and O–H groups in total. The fourth-order valence-corrected chi connectivity index (χ4v) is 5.61. The van der Waals surface area contributed by atoms with Crippen molar-refractivity contribution >= 4 is 42.6 Å². The first-order valence-corrected chi connectivity index (χ1v) is 11.5. The number of carbonyl (C=O) groups is 1. The number of anilines is 1. The zero-order valence-electron chi connectivity index (χ0n) is 16.1. The largest absolute Gasteiger partial charge is 0.379 e. The highest BCUT2D eigenvalue weighted by molar-refractivity contribution is 7.89. The van der Waals surface area contributed by atoms with Crippen molar-refractivity contribution in [1.29, 1.82) is 0 Å². The van der Waals surface area contributed by atoms with E-state index in [4.69, 9.17) is 4.74 Å². The van der Waals surface area contributed by atoms with Crippen molar-refractivity contribution in [2.24, 2.45) is 0 Å². The maximum atomic E-state index is 12.7. The molecule has 0 saturated carbocycles. The minimum atomic E-state index is -3.58. The van der Waals surface area contributed by atoms with Crippen molar-refractivity contribution in [3.8, 4) is 0 Å². The van der Waals surface area contributed by atoms with E-state index in [9.17, 15) is 13.2 Å². The van der Waals surface area contributed by atoms with Gasteiger partial charge in [0.25, 0.3) is 5.91 Å². The summed E-state index contributed by atoms with van der Waals surface area (Å²) in [6, 6.07) is 10.0. The summed E-state index contributed by atoms with van der Waals surface area (Å²) in [5.41, 5.74) is 3.43. The molecule has 0 radical (unpaired) electrons. The Morgan fingerprint density at radius 3 is 2.38 bits per heavy atom. The number of benzene rings is 2. The average molecular weight is 432 g/mol. The van der Waals surface area contributed by atoms with Crippen LogP contribution in [0, 0.1) is 13.8 Å². The van der Waals surface area contributed by atoms with Crippen LogP contribution in [-0.2, 0) is 14.8 Å². The number of carbonyl (C=O) groups excluding carboxylic acids is 1. The fraction of sp³-hybridized carbons (Fsp3) is 0.300. The summed E-state index contributed by atoms with van der Waals surface area (Å²) in [5, 5.41) is 3.34. The molecule has 9 heteroatoms. The highest BCUT2D eigenvalue weighted by Crippen LogP contribution is 2.31. The van der Waals surface area contributed by atoms with E-state index in [0.717, 1.165) is 21.3 Å². The molecule has 152 valence electrons. The lowest BCUT2D eigenvalue weighted by Crippen LogP contribution is -2.40. The van der Waals surface area contributed by atoms with Crippen molar-refractivity contribution in [2.75, 3.05) is 31.6 Å². The quantitative estimate of drug-likeness (QED) is 0.685. The van der Waals surface area contributed by atoms with Crippen molar-refractivity contribution in [3.05, 3.63) is 53.1 Å². The topological polar surface area (TPSA) is 88.6 Å². The van der Waals surface area contributed by atoms with Gasteiger partial charge in [0, 0.05) is 18.7 Å². The molecule has 2 aromatic carbocycles. The molecular formula is C20H21N3O4S2. The minimum Gasteiger partial charge on any atom is -0.379 e. The van der Waals surface area contributed by atoms with Crippen LogP contribution in [0.1, 0.15) is 21.5 Å². The number of nitrogens with zero attached hydrogens (tertiary/aromatic N) is 2. The molecule has 2 heterocycles. The molecule has 1 aromatic heterocycles. The van der Waals surface area contributed by atoms with Gasteiger partial charge in [0.1, 0.15) is 0 Å². The molecule has 0 aliphatic carbocycles. The predicted octanol–water partition coefficient (Wildman–Crippen LogP) is 3.19. The second kappa shape index (κ2) is 7.83. The summed E-state index contributed by atoms with van der Waals surface area (Å²) in [6.45, 7) is 5.45. The van der Waals surface area contributed by atoms with Crippen LogP contribution >= 0.6 is 11.3 Å². The number of nitrogens with one attached hydrogen (secondary N) is 1. The summed E-state index contributed by atoms with van der Waals surface area (Å²) >= 11 is 1.43. The van der Waals surface area contributed by atoms with Crippen molar-refractivity contribution in [1.82, 2.24) is 9.29 Å². The zero-order valence-corrected chi connectivity index (χ0v) is 17.8. The Morgan fingerprint density at radius 1 is 1.07 bits per heavy atom. The molecule has 0 unspecified atom stereocenters. The van der Waals surface area contributed by atoms with E-state index in [1.54, 1.807) is 0 Å². The molecule has 0 atom stereocenters. The lowest BCUT2D eigenvalue weighted by atomic mass is 10.1. The number of sulfonamides is 1. The number of aryl methyl sites for hydroxylation is 2. The molecule has 1 aliphatic heterocycles. The molecule has 29 heavy (non-hydrogen) atoms. The SMILES string of the molecule is Cc1ccc(C)c2sc(NC(=O)c3ccc(S(=O)(=O)N4CCOCC4)cc3)nc12. The number of rotatable bonds is 4. The van der Waals surface area contributed by atoms with Gasteiger partial charge in [-0.2, -0.15) is 4.31 Å². The number of hydrogen-bond acceptors (Lipinski definition) is 6. The minimum absolute atomic E-state index is 0.169. The molecule has 7 nitrogen and oxygen atoms in total. The lowest BCUT2D eigenvalue weighted by molar-refractivity contribution is 0.0730. The number of thiazole rings is 1. The van der Waals surface area contributed by atoms with Crippen molar-refractivity contribution < 1.29 is 17.9 Å². The van der Waals surface area contributed by atoms with Crippen molar-refractivity contribution in [2.45, 2.75) is 18.7 Å². The van der Waals surface area contributed by atoms with Gasteiger partial charge in [0.05, 0.1) is 28.3 Å². The van der Waals surface area contributed by atoms with Crippen LogP contribution in [0.2, 0.25) is 0 Å². The molecule has 1 fully saturated rings. The lowest BCUT2D eigenvalue weighted by Gasteiger charge is -2.26. The zero-order chi connectivity index (χ0) is 20.6. The third kappa shape index (κ3) is 3.91. The number of morpholine rings is 1. The van der Waals surface area contributed by atoms with Crippen LogP contribution in [0.3, 0.4) is 0 Å². The van der Waals surface area contributed by atoms with Crippen LogP contribution in [-0.4, -0.2) is 49.9 Å². The average Bonchev–Trinajstić information content (AvgIpc) is 3.16. The Bertz CT molecular complexity index is 1130. The van der Waals surface area contributed by atoms with E-state index in [1.165, 1.54) is 39.9 Å². The summed E-state index contributed by atoms with van der Waals surface area (Å²) in [7, 11) is -3.58. The maximum absolute atomic E-state index is 12.7.